The molecule has 0 radical (unpaired) electrons. The van der Waals surface area contributed by atoms with Crippen molar-refractivity contribution in [2.75, 3.05) is 0 Å². The van der Waals surface area contributed by atoms with E-state index in [4.69, 9.17) is 16.8 Å². The molecule has 1 N–H and O–H groups in total. The van der Waals surface area contributed by atoms with Crippen molar-refractivity contribution in [3.8, 4) is 67.5 Å². The second kappa shape index (κ2) is 16.3. The normalized spacial score (nSPS) is 13.3. The van der Waals surface area contributed by atoms with Crippen molar-refractivity contribution in [3.63, 3.8) is 0 Å². The second-order valence-corrected chi connectivity index (χ2v) is 18.6. The quantitative estimate of drug-likeness (QED) is 0.150. The molecule has 0 amide bonds. The summed E-state index contributed by atoms with van der Waals surface area (Å²) >= 11 is 0. The van der Waals surface area contributed by atoms with Crippen LogP contribution in [0.15, 0.2) is 146 Å². The zero-order chi connectivity index (χ0) is 47.6. The minimum atomic E-state index is -0.428. The monoisotopic (exact) mass is 806 g/mol. The van der Waals surface area contributed by atoms with Crippen LogP contribution in [0.3, 0.4) is 0 Å². The van der Waals surface area contributed by atoms with E-state index in [0.29, 0.717) is 22.6 Å². The van der Waals surface area contributed by atoms with E-state index >= 15 is 0 Å². The molecule has 0 aliphatic heterocycles. The molecular weight excluding hydrogens is 743 g/mol. The highest BCUT2D eigenvalue weighted by atomic mass is 16.3. The summed E-state index contributed by atoms with van der Waals surface area (Å²) in [6.45, 7) is 21.9. The number of pyridine rings is 1. The summed E-state index contributed by atoms with van der Waals surface area (Å²) in [4.78, 5) is 10.4. The molecule has 2 heterocycles. The molecule has 0 unspecified atom stereocenters. The zero-order valence-electron chi connectivity index (χ0n) is 42.1. The Bertz CT molecular complexity index is 3130. The third kappa shape index (κ3) is 8.04. The van der Waals surface area contributed by atoms with Gasteiger partial charge < -0.3 is 5.11 Å². The van der Waals surface area contributed by atoms with Crippen LogP contribution in [-0.4, -0.2) is 19.6 Å². The molecule has 0 bridgehead atoms. The first-order chi connectivity index (χ1) is 31.2. The van der Waals surface area contributed by atoms with Gasteiger partial charge in [-0.3, -0.25) is 9.55 Å². The van der Waals surface area contributed by atoms with Crippen molar-refractivity contribution in [1.29, 1.82) is 0 Å². The molecule has 0 spiro atoms. The Morgan fingerprint density at radius 1 is 0.639 bits per heavy atom. The number of imidazole rings is 1. The van der Waals surface area contributed by atoms with Gasteiger partial charge in [0.25, 0.3) is 0 Å². The minimum Gasteiger partial charge on any atom is -0.507 e. The molecule has 4 heteroatoms. The van der Waals surface area contributed by atoms with E-state index in [1.54, 1.807) is 18.3 Å². The average Bonchev–Trinajstić information content (AvgIpc) is 3.69. The molecule has 308 valence electrons. The molecule has 61 heavy (non-hydrogen) atoms. The summed E-state index contributed by atoms with van der Waals surface area (Å²) in [6.07, 6.45) is 2.60. The Morgan fingerprint density at radius 2 is 1.38 bits per heavy atom. The van der Waals surface area contributed by atoms with E-state index in [1.165, 1.54) is 5.56 Å². The van der Waals surface area contributed by atoms with E-state index in [1.807, 2.05) is 6.07 Å². The largest absolute Gasteiger partial charge is 0.507 e. The maximum Gasteiger partial charge on any atom is 0.149 e. The lowest BCUT2D eigenvalue weighted by molar-refractivity contribution is 0.466. The van der Waals surface area contributed by atoms with Crippen LogP contribution in [0, 0.1) is 0 Å². The lowest BCUT2D eigenvalue weighted by Gasteiger charge is -2.26. The van der Waals surface area contributed by atoms with E-state index in [2.05, 4.69) is 165 Å². The molecule has 6 aromatic carbocycles. The third-order valence-electron chi connectivity index (χ3n) is 12.3. The van der Waals surface area contributed by atoms with Gasteiger partial charge in [0.1, 0.15) is 11.6 Å². The maximum atomic E-state index is 12.3. The first kappa shape index (κ1) is 35.5. The number of para-hydroxylation sites is 1. The smallest absolute Gasteiger partial charge is 0.149 e. The fourth-order valence-corrected chi connectivity index (χ4v) is 8.09. The molecule has 0 aliphatic rings. The summed E-state index contributed by atoms with van der Waals surface area (Å²) in [7, 11) is 0. The van der Waals surface area contributed by atoms with E-state index < -0.39 is 6.04 Å². The molecule has 8 aromatic rings. The van der Waals surface area contributed by atoms with Crippen LogP contribution in [0.4, 0.5) is 0 Å². The van der Waals surface area contributed by atoms with Gasteiger partial charge in [-0.25, -0.2) is 4.98 Å². The number of rotatable bonds is 10. The van der Waals surface area contributed by atoms with Crippen LogP contribution >= 0.6 is 0 Å². The minimum absolute atomic E-state index is 0.0655. The Labute approximate surface area is 370 Å². The first-order valence-electron chi connectivity index (χ1n) is 24.0. The van der Waals surface area contributed by atoms with Gasteiger partial charge in [-0.2, -0.15) is 0 Å². The van der Waals surface area contributed by atoms with Crippen molar-refractivity contribution in [2.45, 2.75) is 98.3 Å². The Kier molecular flexibility index (Phi) is 9.49. The summed E-state index contributed by atoms with van der Waals surface area (Å²) in [5.41, 5.74) is 13.2. The Balaban J connectivity index is 1.44. The summed E-state index contributed by atoms with van der Waals surface area (Å²) in [5, 5.41) is 12.3. The lowest BCUT2D eigenvalue weighted by atomic mass is 9.81. The molecule has 0 atom stereocenters. The number of aromatic nitrogens is 3. The standard InChI is InChI=1S/C57H59N3O/c1-11-57(9,10)44-25-26-51(48(35-44)39-21-16-13-17-22-39)60-52-24-18-23-46(53(52)59-55(60)49-33-41(36(2)3)32-47(37(4)5)54(49)61)42-29-43(31-45(30-42)56(6,7)8)50-34-40(27-28-58-50)38-19-14-12-15-20-38/h12-37,61H,11H2,1-10H3/i12D,14D,15D,19D,20D. The van der Waals surface area contributed by atoms with Crippen LogP contribution in [0.1, 0.15) is 117 Å². The van der Waals surface area contributed by atoms with Crippen molar-refractivity contribution in [1.82, 2.24) is 14.5 Å². The summed E-state index contributed by atoms with van der Waals surface area (Å²) < 4.78 is 44.5. The predicted octanol–water partition coefficient (Wildman–Crippen LogP) is 15.7. The van der Waals surface area contributed by atoms with Crippen molar-refractivity contribution in [3.05, 3.63) is 168 Å². The zero-order valence-corrected chi connectivity index (χ0v) is 37.1. The molecule has 0 saturated heterocycles. The molecular formula is C57H59N3O. The number of hydrogen-bond donors (Lipinski definition) is 1. The fourth-order valence-electron chi connectivity index (χ4n) is 8.09. The topological polar surface area (TPSA) is 50.9 Å². The summed E-state index contributed by atoms with van der Waals surface area (Å²) in [5.74, 6) is 1.13. The molecule has 0 saturated carbocycles. The van der Waals surface area contributed by atoms with E-state index in [0.717, 1.165) is 67.6 Å². The lowest BCUT2D eigenvalue weighted by Crippen LogP contribution is -2.16. The maximum absolute atomic E-state index is 12.3. The van der Waals surface area contributed by atoms with Crippen LogP contribution < -0.4 is 0 Å². The number of fused-ring (bicyclic) bond motifs is 1. The highest BCUT2D eigenvalue weighted by Crippen LogP contribution is 2.45. The van der Waals surface area contributed by atoms with Gasteiger partial charge in [0.05, 0.1) is 34.8 Å². The highest BCUT2D eigenvalue weighted by molar-refractivity contribution is 5.98. The molecule has 8 rings (SSSR count). The average molecular weight is 807 g/mol. The number of hydrogen-bond acceptors (Lipinski definition) is 3. The molecule has 4 nitrogen and oxygen atoms in total. The fraction of sp³-hybridized carbons (Fsp3) is 0.263. The van der Waals surface area contributed by atoms with Crippen LogP contribution in [0.25, 0.3) is 72.7 Å². The Hall–Kier alpha value is -6.26. The number of benzene rings is 6. The highest BCUT2D eigenvalue weighted by Gasteiger charge is 2.27. The second-order valence-electron chi connectivity index (χ2n) is 18.6. The van der Waals surface area contributed by atoms with Gasteiger partial charge in [0.2, 0.25) is 0 Å². The Morgan fingerprint density at radius 3 is 2.07 bits per heavy atom. The van der Waals surface area contributed by atoms with Gasteiger partial charge in [-0.05, 0) is 122 Å². The SMILES string of the molecule is [2H]c1c([2H])c([2H])c(-c2ccnc(-c3cc(-c4cccc5c4nc(-c4cc(C(C)C)cc(C(C)C)c4O)n5-c4ccc(C(C)(C)CC)cc4-c4ccccc4)cc(C(C)(C)C)c3)c2)c([2H])c1[2H]. The van der Waals surface area contributed by atoms with Crippen molar-refractivity contribution in [2.24, 2.45) is 0 Å². The number of phenolic OH excluding ortho intramolecular Hbond substituents is 1. The number of aromatic hydroxyl groups is 1. The van der Waals surface area contributed by atoms with E-state index in [9.17, 15) is 5.11 Å². The predicted molar refractivity (Wildman–Crippen MR) is 258 cm³/mol. The molecule has 2 aromatic heterocycles. The van der Waals surface area contributed by atoms with Gasteiger partial charge in [-0.1, -0.05) is 160 Å². The van der Waals surface area contributed by atoms with Crippen molar-refractivity contribution < 1.29 is 12.0 Å². The first-order valence-corrected chi connectivity index (χ1v) is 21.5. The third-order valence-corrected chi connectivity index (χ3v) is 12.3. The molecule has 0 aliphatic carbocycles. The summed E-state index contributed by atoms with van der Waals surface area (Å²) in [6, 6.07) is 36.0. The van der Waals surface area contributed by atoms with Crippen LogP contribution in [0.5, 0.6) is 5.75 Å². The van der Waals surface area contributed by atoms with E-state index in [-0.39, 0.29) is 58.1 Å². The van der Waals surface area contributed by atoms with Crippen LogP contribution in [-0.2, 0) is 10.8 Å². The van der Waals surface area contributed by atoms with Gasteiger partial charge >= 0.3 is 0 Å². The van der Waals surface area contributed by atoms with Gasteiger partial charge in [0.15, 0.2) is 0 Å². The van der Waals surface area contributed by atoms with Crippen molar-refractivity contribution >= 4 is 11.0 Å². The number of nitrogens with zero attached hydrogens (tertiary/aromatic N) is 3. The van der Waals surface area contributed by atoms with Crippen LogP contribution in [0.2, 0.25) is 0 Å². The number of phenols is 1. The van der Waals surface area contributed by atoms with Gasteiger partial charge in [-0.15, -0.1) is 0 Å². The molecule has 0 fully saturated rings. The van der Waals surface area contributed by atoms with Gasteiger partial charge in [0, 0.05) is 22.9 Å².